The van der Waals surface area contributed by atoms with Crippen molar-refractivity contribution < 1.29 is 19.0 Å². The Morgan fingerprint density at radius 2 is 2.06 bits per heavy atom. The van der Waals surface area contributed by atoms with Gasteiger partial charge in [0, 0.05) is 23.1 Å². The molecule has 0 fully saturated rings. The molecule has 0 atom stereocenters. The zero-order chi connectivity index (χ0) is 22.7. The Labute approximate surface area is 187 Å². The van der Waals surface area contributed by atoms with Gasteiger partial charge in [-0.3, -0.25) is 4.79 Å². The number of rotatable bonds is 8. The molecule has 0 saturated heterocycles. The van der Waals surface area contributed by atoms with E-state index in [4.69, 9.17) is 14.2 Å². The summed E-state index contributed by atoms with van der Waals surface area (Å²) in [5.74, 6) is 1.77. The number of ether oxygens (including phenoxy) is 3. The highest BCUT2D eigenvalue weighted by Gasteiger charge is 2.34. The Morgan fingerprint density at radius 1 is 1.25 bits per heavy atom. The number of ketones is 1. The number of benzene rings is 2. The van der Waals surface area contributed by atoms with E-state index >= 15 is 0 Å². The van der Waals surface area contributed by atoms with Crippen LogP contribution in [0.25, 0.3) is 11.8 Å². The second-order valence-electron chi connectivity index (χ2n) is 8.29. The maximum Gasteiger partial charge on any atom is 0.211 e. The summed E-state index contributed by atoms with van der Waals surface area (Å²) in [4.78, 5) is 17.8. The summed E-state index contributed by atoms with van der Waals surface area (Å²) in [7, 11) is 1.60. The van der Waals surface area contributed by atoms with Gasteiger partial charge in [-0.05, 0) is 44.5 Å². The summed E-state index contributed by atoms with van der Waals surface area (Å²) in [6.45, 7) is 6.64. The van der Waals surface area contributed by atoms with E-state index in [0.29, 0.717) is 35.8 Å². The van der Waals surface area contributed by atoms with Gasteiger partial charge < -0.3 is 14.2 Å². The van der Waals surface area contributed by atoms with Crippen LogP contribution >= 0.6 is 0 Å². The van der Waals surface area contributed by atoms with Gasteiger partial charge in [-0.1, -0.05) is 25.1 Å². The number of Topliss-reactive ketones (excluding diaryl/α,β-unsaturated/α-hetero) is 1. The molecule has 0 radical (unpaired) electrons. The Bertz CT molecular complexity index is 1150. The Balaban J connectivity index is 1.81. The van der Waals surface area contributed by atoms with Crippen molar-refractivity contribution in [2.75, 3.05) is 13.7 Å². The van der Waals surface area contributed by atoms with E-state index < -0.39 is 0 Å². The van der Waals surface area contributed by atoms with Crippen LogP contribution in [0.15, 0.2) is 49.1 Å². The highest BCUT2D eigenvalue weighted by atomic mass is 16.5. The molecule has 0 spiro atoms. The minimum Gasteiger partial charge on any atom is -0.496 e. The molecule has 32 heavy (non-hydrogen) atoms. The van der Waals surface area contributed by atoms with Crippen molar-refractivity contribution in [1.29, 1.82) is 0 Å². The first-order valence-corrected chi connectivity index (χ1v) is 10.6. The van der Waals surface area contributed by atoms with Crippen molar-refractivity contribution in [2.24, 2.45) is 0 Å². The highest BCUT2D eigenvalue weighted by molar-refractivity contribution is 6.28. The average molecular weight is 434 g/mol. The summed E-state index contributed by atoms with van der Waals surface area (Å²) in [5.41, 5.74) is 2.24. The van der Waals surface area contributed by atoms with Gasteiger partial charge in [-0.15, -0.1) is 0 Å². The van der Waals surface area contributed by atoms with Gasteiger partial charge in [0.05, 0.1) is 13.7 Å². The quantitative estimate of drug-likeness (QED) is 0.380. The lowest BCUT2D eigenvalue weighted by molar-refractivity contribution is 0.105. The molecule has 1 aliphatic heterocycles. The third-order valence-corrected chi connectivity index (χ3v) is 5.18. The monoisotopic (exact) mass is 433 g/mol. The van der Waals surface area contributed by atoms with E-state index in [1.807, 2.05) is 51.1 Å². The van der Waals surface area contributed by atoms with Crippen molar-refractivity contribution in [3.63, 3.8) is 0 Å². The fourth-order valence-corrected chi connectivity index (χ4v) is 3.78. The van der Waals surface area contributed by atoms with Gasteiger partial charge in [-0.2, -0.15) is 5.10 Å². The number of hydrogen-bond acceptors (Lipinski definition) is 6. The van der Waals surface area contributed by atoms with Crippen molar-refractivity contribution in [1.82, 2.24) is 14.8 Å². The lowest BCUT2D eigenvalue weighted by Gasteiger charge is -2.18. The molecule has 2 aromatic carbocycles. The van der Waals surface area contributed by atoms with E-state index in [1.165, 1.54) is 17.3 Å². The predicted molar refractivity (Wildman–Crippen MR) is 122 cm³/mol. The van der Waals surface area contributed by atoms with Crippen LogP contribution in [0.5, 0.6) is 17.2 Å². The molecular weight excluding hydrogens is 406 g/mol. The van der Waals surface area contributed by atoms with E-state index in [1.54, 1.807) is 19.3 Å². The minimum atomic E-state index is -0.351. The number of methoxy groups -OCH3 is 1. The van der Waals surface area contributed by atoms with Crippen LogP contribution in [0.3, 0.4) is 0 Å². The Morgan fingerprint density at radius 3 is 2.78 bits per heavy atom. The maximum absolute atomic E-state index is 13.7. The van der Waals surface area contributed by atoms with E-state index in [9.17, 15) is 4.79 Å². The van der Waals surface area contributed by atoms with Crippen LogP contribution in [0, 0.1) is 0 Å². The zero-order valence-electron chi connectivity index (χ0n) is 18.8. The number of fused-ring (bicyclic) bond motifs is 1. The van der Waals surface area contributed by atoms with Gasteiger partial charge in [-0.25, -0.2) is 9.67 Å². The molecular formula is C25H27N3O4. The lowest BCUT2D eigenvalue weighted by atomic mass is 9.97. The number of carbonyl (C=O) groups excluding carboxylic acids is 1. The maximum atomic E-state index is 13.7. The molecule has 0 bridgehead atoms. The van der Waals surface area contributed by atoms with Crippen LogP contribution < -0.4 is 14.2 Å². The normalized spacial score (nSPS) is 14.6. The standard InChI is InChI=1S/C25H27N3O4/c1-5-10-31-22-13-18(11-19-14-25(2,3)32-24(19)22)23(29)20(28-16-26-15-27-28)12-17-8-6-7-9-21(17)30-4/h6-9,11-13,15-16H,5,10,14H2,1-4H3. The van der Waals surface area contributed by atoms with Crippen molar-refractivity contribution in [3.05, 3.63) is 65.7 Å². The zero-order valence-corrected chi connectivity index (χ0v) is 18.8. The summed E-state index contributed by atoms with van der Waals surface area (Å²) < 4.78 is 19.0. The molecule has 1 aromatic heterocycles. The van der Waals surface area contributed by atoms with Crippen LogP contribution in [0.1, 0.15) is 48.7 Å². The molecule has 0 aliphatic carbocycles. The third kappa shape index (κ3) is 4.37. The van der Waals surface area contributed by atoms with Crippen LogP contribution in [-0.2, 0) is 6.42 Å². The van der Waals surface area contributed by atoms with E-state index in [0.717, 1.165) is 23.3 Å². The second kappa shape index (κ2) is 8.86. The van der Waals surface area contributed by atoms with Gasteiger partial charge in [0.1, 0.15) is 29.7 Å². The lowest BCUT2D eigenvalue weighted by Crippen LogP contribution is -2.24. The largest absolute Gasteiger partial charge is 0.496 e. The molecule has 7 heteroatoms. The molecule has 0 saturated carbocycles. The smallest absolute Gasteiger partial charge is 0.211 e. The van der Waals surface area contributed by atoms with Crippen molar-refractivity contribution in [2.45, 2.75) is 39.2 Å². The van der Waals surface area contributed by atoms with Gasteiger partial charge in [0.15, 0.2) is 11.5 Å². The highest BCUT2D eigenvalue weighted by Crippen LogP contribution is 2.43. The molecule has 0 unspecified atom stereocenters. The van der Waals surface area contributed by atoms with Crippen LogP contribution in [0.2, 0.25) is 0 Å². The third-order valence-electron chi connectivity index (χ3n) is 5.18. The number of para-hydroxylation sites is 1. The molecule has 4 rings (SSSR count). The summed E-state index contributed by atoms with van der Waals surface area (Å²) >= 11 is 0. The number of hydrogen-bond donors (Lipinski definition) is 0. The average Bonchev–Trinajstić information content (AvgIpc) is 3.42. The first-order valence-electron chi connectivity index (χ1n) is 10.6. The molecule has 166 valence electrons. The van der Waals surface area contributed by atoms with Crippen LogP contribution in [-0.4, -0.2) is 39.9 Å². The van der Waals surface area contributed by atoms with Gasteiger partial charge in [0.25, 0.3) is 0 Å². The topological polar surface area (TPSA) is 75.5 Å². The predicted octanol–water partition coefficient (Wildman–Crippen LogP) is 4.67. The molecule has 2 heterocycles. The van der Waals surface area contributed by atoms with Gasteiger partial charge >= 0.3 is 0 Å². The van der Waals surface area contributed by atoms with Crippen LogP contribution in [0.4, 0.5) is 0 Å². The van der Waals surface area contributed by atoms with Crippen molar-refractivity contribution in [3.8, 4) is 17.2 Å². The SMILES string of the molecule is CCCOc1cc(C(=O)C(=Cc2ccccc2OC)n2cncn2)cc2c1OC(C)(C)C2. The second-order valence-corrected chi connectivity index (χ2v) is 8.29. The molecule has 7 nitrogen and oxygen atoms in total. The summed E-state index contributed by atoms with van der Waals surface area (Å²) in [6, 6.07) is 11.2. The van der Waals surface area contributed by atoms with E-state index in [-0.39, 0.29) is 11.4 Å². The van der Waals surface area contributed by atoms with Crippen molar-refractivity contribution >= 4 is 17.6 Å². The first-order chi connectivity index (χ1) is 15.4. The fraction of sp³-hybridized carbons (Fsp3) is 0.320. The first kappa shape index (κ1) is 21.6. The molecule has 3 aromatic rings. The summed E-state index contributed by atoms with van der Waals surface area (Å²) in [6.07, 6.45) is 6.22. The fourth-order valence-electron chi connectivity index (χ4n) is 3.78. The molecule has 0 N–H and O–H groups in total. The number of aromatic nitrogens is 3. The Kier molecular flexibility index (Phi) is 5.99. The summed E-state index contributed by atoms with van der Waals surface area (Å²) in [5, 5.41) is 4.20. The Hall–Kier alpha value is -3.61. The minimum absolute atomic E-state index is 0.199. The number of nitrogens with zero attached hydrogens (tertiary/aromatic N) is 3. The number of carbonyl (C=O) groups is 1. The van der Waals surface area contributed by atoms with E-state index in [2.05, 4.69) is 10.1 Å². The number of allylic oxidation sites excluding steroid dienone is 1. The van der Waals surface area contributed by atoms with Gasteiger partial charge in [0.2, 0.25) is 5.78 Å². The molecule has 0 amide bonds. The molecule has 1 aliphatic rings.